The molecule has 1 aromatic heterocycles. The van der Waals surface area contributed by atoms with Crippen LogP contribution >= 0.6 is 11.3 Å². The second kappa shape index (κ2) is 5.85. The van der Waals surface area contributed by atoms with Gasteiger partial charge in [-0.1, -0.05) is 44.4 Å². The molecule has 0 aliphatic rings. The number of fused-ring (bicyclic) bond motifs is 1. The van der Waals surface area contributed by atoms with E-state index in [0.717, 1.165) is 19.3 Å². The zero-order valence-corrected chi connectivity index (χ0v) is 12.1. The first kappa shape index (κ1) is 13.6. The van der Waals surface area contributed by atoms with Crippen LogP contribution in [-0.2, 0) is 6.42 Å². The third-order valence-electron chi connectivity index (χ3n) is 3.45. The molecule has 1 unspecified atom stereocenters. The van der Waals surface area contributed by atoms with Crippen LogP contribution in [0.15, 0.2) is 29.6 Å². The number of benzene rings is 1. The van der Waals surface area contributed by atoms with Gasteiger partial charge in [-0.15, -0.1) is 11.3 Å². The first-order valence-electron chi connectivity index (χ1n) is 6.80. The van der Waals surface area contributed by atoms with E-state index < -0.39 is 5.60 Å². The SMILES string of the molecule is CCCCCC(C)(O)Cc1csc2ccccc12. The van der Waals surface area contributed by atoms with Gasteiger partial charge in [-0.3, -0.25) is 0 Å². The van der Waals surface area contributed by atoms with Crippen LogP contribution in [0.25, 0.3) is 10.1 Å². The topological polar surface area (TPSA) is 20.2 Å². The summed E-state index contributed by atoms with van der Waals surface area (Å²) in [5.74, 6) is 0. The molecule has 0 fully saturated rings. The van der Waals surface area contributed by atoms with Crippen molar-refractivity contribution >= 4 is 21.4 Å². The maximum Gasteiger partial charge on any atom is 0.0660 e. The van der Waals surface area contributed by atoms with Crippen LogP contribution in [0, 0.1) is 0 Å². The zero-order valence-electron chi connectivity index (χ0n) is 11.3. The fourth-order valence-corrected chi connectivity index (χ4v) is 3.39. The molecule has 0 radical (unpaired) electrons. The Morgan fingerprint density at radius 3 is 2.78 bits per heavy atom. The van der Waals surface area contributed by atoms with Crippen LogP contribution in [0.5, 0.6) is 0 Å². The highest BCUT2D eigenvalue weighted by Crippen LogP contribution is 2.30. The van der Waals surface area contributed by atoms with Crippen LogP contribution in [0.4, 0.5) is 0 Å². The Balaban J connectivity index is 2.08. The summed E-state index contributed by atoms with van der Waals surface area (Å²) in [6, 6.07) is 8.45. The van der Waals surface area contributed by atoms with Gasteiger partial charge in [-0.25, -0.2) is 0 Å². The van der Waals surface area contributed by atoms with Gasteiger partial charge >= 0.3 is 0 Å². The smallest absolute Gasteiger partial charge is 0.0660 e. The molecule has 18 heavy (non-hydrogen) atoms. The van der Waals surface area contributed by atoms with Crippen LogP contribution in [0.3, 0.4) is 0 Å². The summed E-state index contributed by atoms with van der Waals surface area (Å²) < 4.78 is 1.32. The van der Waals surface area contributed by atoms with Crippen molar-refractivity contribution in [1.82, 2.24) is 0 Å². The quantitative estimate of drug-likeness (QED) is 0.743. The molecule has 0 saturated carbocycles. The van der Waals surface area contributed by atoms with E-state index in [4.69, 9.17) is 0 Å². The summed E-state index contributed by atoms with van der Waals surface area (Å²) in [6.45, 7) is 4.16. The number of thiophene rings is 1. The highest BCUT2D eigenvalue weighted by atomic mass is 32.1. The minimum absolute atomic E-state index is 0.570. The van der Waals surface area contributed by atoms with E-state index in [0.29, 0.717) is 0 Å². The van der Waals surface area contributed by atoms with E-state index in [2.05, 4.69) is 36.6 Å². The second-order valence-electron chi connectivity index (χ2n) is 5.39. The Kier molecular flexibility index (Phi) is 4.41. The number of hydrogen-bond acceptors (Lipinski definition) is 2. The maximum atomic E-state index is 10.5. The zero-order chi connectivity index (χ0) is 13.0. The van der Waals surface area contributed by atoms with E-state index in [1.54, 1.807) is 11.3 Å². The summed E-state index contributed by atoms with van der Waals surface area (Å²) in [7, 11) is 0. The molecule has 0 amide bonds. The van der Waals surface area contributed by atoms with Crippen molar-refractivity contribution in [2.75, 3.05) is 0 Å². The largest absolute Gasteiger partial charge is 0.390 e. The molecule has 0 aliphatic carbocycles. The van der Waals surface area contributed by atoms with E-state index in [1.165, 1.54) is 28.5 Å². The Morgan fingerprint density at radius 2 is 2.00 bits per heavy atom. The van der Waals surface area contributed by atoms with Crippen molar-refractivity contribution in [3.8, 4) is 0 Å². The van der Waals surface area contributed by atoms with Crippen molar-refractivity contribution < 1.29 is 5.11 Å². The molecule has 0 spiro atoms. The first-order valence-corrected chi connectivity index (χ1v) is 7.68. The number of unbranched alkanes of at least 4 members (excludes halogenated alkanes) is 2. The lowest BCUT2D eigenvalue weighted by atomic mass is 9.91. The molecular weight excluding hydrogens is 240 g/mol. The number of aliphatic hydroxyl groups is 1. The fourth-order valence-electron chi connectivity index (χ4n) is 2.42. The van der Waals surface area contributed by atoms with Gasteiger partial charge < -0.3 is 5.11 Å². The summed E-state index contributed by atoms with van der Waals surface area (Å²) in [5.41, 5.74) is 0.719. The predicted molar refractivity (Wildman–Crippen MR) is 80.3 cm³/mol. The van der Waals surface area contributed by atoms with Gasteiger partial charge in [0.2, 0.25) is 0 Å². The van der Waals surface area contributed by atoms with Gasteiger partial charge in [0, 0.05) is 11.1 Å². The number of hydrogen-bond donors (Lipinski definition) is 1. The van der Waals surface area contributed by atoms with Crippen LogP contribution in [0.2, 0.25) is 0 Å². The monoisotopic (exact) mass is 262 g/mol. The third-order valence-corrected chi connectivity index (χ3v) is 4.46. The number of rotatable bonds is 6. The van der Waals surface area contributed by atoms with Gasteiger partial charge in [0.15, 0.2) is 0 Å². The van der Waals surface area contributed by atoms with Crippen molar-refractivity contribution in [3.63, 3.8) is 0 Å². The molecule has 0 bridgehead atoms. The highest BCUT2D eigenvalue weighted by Gasteiger charge is 2.21. The average molecular weight is 262 g/mol. The Bertz CT molecular complexity index is 499. The molecule has 1 heterocycles. The molecule has 1 N–H and O–H groups in total. The van der Waals surface area contributed by atoms with Crippen molar-refractivity contribution in [2.24, 2.45) is 0 Å². The molecular formula is C16H22OS. The minimum atomic E-state index is -0.570. The summed E-state index contributed by atoms with van der Waals surface area (Å²) in [6.07, 6.45) is 5.19. The van der Waals surface area contributed by atoms with Gasteiger partial charge in [-0.05, 0) is 35.7 Å². The van der Waals surface area contributed by atoms with Gasteiger partial charge in [0.1, 0.15) is 0 Å². The molecule has 98 valence electrons. The van der Waals surface area contributed by atoms with Gasteiger partial charge in [0.25, 0.3) is 0 Å². The van der Waals surface area contributed by atoms with Crippen LogP contribution < -0.4 is 0 Å². The van der Waals surface area contributed by atoms with Gasteiger partial charge in [-0.2, -0.15) is 0 Å². The molecule has 1 nitrogen and oxygen atoms in total. The first-order chi connectivity index (χ1) is 8.62. The molecule has 0 aliphatic heterocycles. The van der Waals surface area contributed by atoms with Crippen LogP contribution in [0.1, 0.15) is 45.1 Å². The van der Waals surface area contributed by atoms with E-state index in [-0.39, 0.29) is 0 Å². The molecule has 1 atom stereocenters. The van der Waals surface area contributed by atoms with E-state index in [1.807, 2.05) is 6.92 Å². The maximum absolute atomic E-state index is 10.5. The summed E-state index contributed by atoms with van der Waals surface area (Å²) in [4.78, 5) is 0. The lowest BCUT2D eigenvalue weighted by Crippen LogP contribution is -2.26. The molecule has 1 aromatic carbocycles. The minimum Gasteiger partial charge on any atom is -0.390 e. The summed E-state index contributed by atoms with van der Waals surface area (Å²) in [5, 5.41) is 14.0. The Morgan fingerprint density at radius 1 is 1.22 bits per heavy atom. The van der Waals surface area contributed by atoms with Crippen LogP contribution in [-0.4, -0.2) is 10.7 Å². The molecule has 2 heteroatoms. The fraction of sp³-hybridized carbons (Fsp3) is 0.500. The van der Waals surface area contributed by atoms with E-state index >= 15 is 0 Å². The lowest BCUT2D eigenvalue weighted by molar-refractivity contribution is 0.0490. The van der Waals surface area contributed by atoms with Crippen molar-refractivity contribution in [3.05, 3.63) is 35.2 Å². The predicted octanol–water partition coefficient (Wildman–Crippen LogP) is 4.78. The molecule has 0 saturated heterocycles. The second-order valence-corrected chi connectivity index (χ2v) is 6.30. The third kappa shape index (κ3) is 3.33. The lowest BCUT2D eigenvalue weighted by Gasteiger charge is -2.23. The molecule has 2 rings (SSSR count). The standard InChI is InChI=1S/C16H22OS/c1-3-4-7-10-16(2,17)11-13-12-18-15-9-6-5-8-14(13)15/h5-6,8-9,12,17H,3-4,7,10-11H2,1-2H3. The highest BCUT2D eigenvalue weighted by molar-refractivity contribution is 7.17. The van der Waals surface area contributed by atoms with E-state index in [9.17, 15) is 5.11 Å². The van der Waals surface area contributed by atoms with Crippen molar-refractivity contribution in [2.45, 2.75) is 51.6 Å². The Hall–Kier alpha value is -0.860. The van der Waals surface area contributed by atoms with Gasteiger partial charge in [0.05, 0.1) is 5.60 Å². The van der Waals surface area contributed by atoms with Crippen molar-refractivity contribution in [1.29, 1.82) is 0 Å². The molecule has 2 aromatic rings. The average Bonchev–Trinajstić information content (AvgIpc) is 2.72. The Labute approximate surface area is 113 Å². The summed E-state index contributed by atoms with van der Waals surface area (Å²) >= 11 is 1.77. The normalized spacial score (nSPS) is 14.8.